The zero-order valence-corrected chi connectivity index (χ0v) is 21.4. The van der Waals surface area contributed by atoms with Crippen molar-refractivity contribution in [1.82, 2.24) is 15.2 Å². The van der Waals surface area contributed by atoms with Gasteiger partial charge in [0.2, 0.25) is 0 Å². The Bertz CT molecular complexity index is 1030. The molecule has 1 fully saturated rings. The van der Waals surface area contributed by atoms with Crippen LogP contribution in [0.15, 0.2) is 32.6 Å². The third-order valence-electron chi connectivity index (χ3n) is 4.47. The van der Waals surface area contributed by atoms with Crippen LogP contribution in [0.2, 0.25) is 0 Å². The van der Waals surface area contributed by atoms with Crippen molar-refractivity contribution >= 4 is 75.2 Å². The van der Waals surface area contributed by atoms with Crippen LogP contribution in [-0.2, 0) is 19.2 Å². The third-order valence-corrected chi connectivity index (χ3v) is 8.51. The smallest absolute Gasteiger partial charge is 0.353 e. The van der Waals surface area contributed by atoms with Gasteiger partial charge < -0.3 is 26.7 Å². The van der Waals surface area contributed by atoms with E-state index in [2.05, 4.69) is 15.5 Å². The summed E-state index contributed by atoms with van der Waals surface area (Å²) in [6.45, 7) is 2.55. The summed E-state index contributed by atoms with van der Waals surface area (Å²) in [5, 5.41) is 19.3. The summed E-state index contributed by atoms with van der Waals surface area (Å²) in [6, 6.07) is -0.899. The van der Waals surface area contributed by atoms with Gasteiger partial charge in [0, 0.05) is 34.1 Å². The average molecular weight is 545 g/mol. The number of aliphatic carboxylic acids is 1. The Hall–Kier alpha value is -2.20. The number of hydrogen-bond donors (Lipinski definition) is 4. The number of thioether (sulfide) groups is 3. The lowest BCUT2D eigenvalue weighted by Crippen LogP contribution is -2.71. The molecule has 1 saturated heterocycles. The normalized spacial score (nSPS) is 20.4. The van der Waals surface area contributed by atoms with E-state index in [0.29, 0.717) is 17.2 Å². The second kappa shape index (κ2) is 12.5. The summed E-state index contributed by atoms with van der Waals surface area (Å²) < 4.78 is 0. The van der Waals surface area contributed by atoms with Crippen molar-refractivity contribution in [3.63, 3.8) is 0 Å². The molecule has 0 aromatic carbocycles. The van der Waals surface area contributed by atoms with E-state index in [-0.39, 0.29) is 28.8 Å². The number of carbonyl (C=O) groups excluding carboxylic acids is 2. The van der Waals surface area contributed by atoms with Crippen LogP contribution in [0.4, 0.5) is 5.13 Å². The van der Waals surface area contributed by atoms with E-state index in [1.807, 2.05) is 11.5 Å². The standard InChI is InChI=1S/C19H24N6O5S4/c1-2-30-24-12(10-8-34-19(21)22-10)15(26)23-13-16(27)25-14(18(28)29)11(9-33-17(13)25)32-6-3-5-31-7-4-20/h3,6,8,13,17H,2,4-5,7,9,20H2,1H3,(H2,21,22)(H,23,26)(H,28,29)/b6-3-,24-12-/t13?,17-/m1/s1. The van der Waals surface area contributed by atoms with Crippen LogP contribution >= 0.6 is 46.6 Å². The lowest BCUT2D eigenvalue weighted by atomic mass is 10.0. The maximum Gasteiger partial charge on any atom is 0.353 e. The summed E-state index contributed by atoms with van der Waals surface area (Å²) in [7, 11) is 0. The molecule has 1 unspecified atom stereocenters. The first-order valence-corrected chi connectivity index (χ1v) is 14.1. The molecular formula is C19H24N6O5S4. The first-order chi connectivity index (χ1) is 16.4. The number of anilines is 1. The van der Waals surface area contributed by atoms with E-state index in [1.165, 1.54) is 28.4 Å². The largest absolute Gasteiger partial charge is 0.477 e. The number of aromatic nitrogens is 1. The van der Waals surface area contributed by atoms with Gasteiger partial charge in [0.15, 0.2) is 10.8 Å². The van der Waals surface area contributed by atoms with Crippen LogP contribution in [0, 0.1) is 0 Å². The first kappa shape index (κ1) is 26.4. The maximum atomic E-state index is 12.9. The number of nitrogens with one attached hydrogen (secondary N) is 1. The molecule has 2 atom stereocenters. The van der Waals surface area contributed by atoms with Gasteiger partial charge in [-0.1, -0.05) is 23.0 Å². The molecular weight excluding hydrogens is 521 g/mol. The number of β-lactam (4-membered cyclic amide) rings is 1. The second-order valence-electron chi connectivity index (χ2n) is 6.72. The summed E-state index contributed by atoms with van der Waals surface area (Å²) in [5.74, 6) is -0.335. The fourth-order valence-electron chi connectivity index (χ4n) is 3.03. The summed E-state index contributed by atoms with van der Waals surface area (Å²) in [6.07, 6.45) is 1.93. The van der Waals surface area contributed by atoms with Crippen molar-refractivity contribution in [3.05, 3.63) is 33.2 Å². The Morgan fingerprint density at radius 1 is 1.50 bits per heavy atom. The molecule has 34 heavy (non-hydrogen) atoms. The molecule has 0 bridgehead atoms. The summed E-state index contributed by atoms with van der Waals surface area (Å²) in [4.78, 5) is 48.6. The lowest BCUT2D eigenvalue weighted by Gasteiger charge is -2.49. The Kier molecular flexibility index (Phi) is 9.70. The Morgan fingerprint density at radius 2 is 2.29 bits per heavy atom. The molecule has 11 nitrogen and oxygen atoms in total. The molecule has 0 saturated carbocycles. The topological polar surface area (TPSA) is 173 Å². The van der Waals surface area contributed by atoms with Gasteiger partial charge in [0.1, 0.15) is 29.4 Å². The van der Waals surface area contributed by atoms with E-state index in [4.69, 9.17) is 16.3 Å². The maximum absolute atomic E-state index is 12.9. The average Bonchev–Trinajstić information content (AvgIpc) is 3.25. The number of carboxylic acid groups (broad SMARTS) is 1. The Labute approximate surface area is 212 Å². The van der Waals surface area contributed by atoms with Crippen LogP contribution in [0.5, 0.6) is 0 Å². The van der Waals surface area contributed by atoms with Gasteiger partial charge in [-0.2, -0.15) is 11.8 Å². The molecule has 2 amide bonds. The van der Waals surface area contributed by atoms with E-state index in [9.17, 15) is 19.5 Å². The quantitative estimate of drug-likeness (QED) is 0.128. The number of oxime groups is 1. The van der Waals surface area contributed by atoms with E-state index in [0.717, 1.165) is 22.8 Å². The summed E-state index contributed by atoms with van der Waals surface area (Å²) in [5.41, 5.74) is 11.2. The van der Waals surface area contributed by atoms with Gasteiger partial charge in [-0.3, -0.25) is 14.5 Å². The number of hydrogen-bond acceptors (Lipinski definition) is 12. The molecule has 6 N–H and O–H groups in total. The number of nitrogens with two attached hydrogens (primary N) is 2. The predicted octanol–water partition coefficient (Wildman–Crippen LogP) is 1.10. The van der Waals surface area contributed by atoms with Gasteiger partial charge in [-0.15, -0.1) is 23.1 Å². The van der Waals surface area contributed by atoms with Gasteiger partial charge in [-0.05, 0) is 12.3 Å². The number of carboxylic acids is 1. The number of nitrogens with zero attached hydrogens (tertiary/aromatic N) is 3. The zero-order valence-electron chi connectivity index (χ0n) is 18.1. The number of rotatable bonds is 12. The second-order valence-corrected chi connectivity index (χ2v) is 10.9. The van der Waals surface area contributed by atoms with Crippen LogP contribution < -0.4 is 16.8 Å². The van der Waals surface area contributed by atoms with Crippen molar-refractivity contribution < 1.29 is 24.3 Å². The van der Waals surface area contributed by atoms with Crippen molar-refractivity contribution in [2.24, 2.45) is 10.9 Å². The van der Waals surface area contributed by atoms with Crippen molar-refractivity contribution in [1.29, 1.82) is 0 Å². The minimum atomic E-state index is -1.19. The van der Waals surface area contributed by atoms with Crippen LogP contribution in [0.25, 0.3) is 0 Å². The highest BCUT2D eigenvalue weighted by Crippen LogP contribution is 2.43. The molecule has 2 aliphatic heterocycles. The molecule has 1 aromatic heterocycles. The van der Waals surface area contributed by atoms with Gasteiger partial charge in [0.25, 0.3) is 11.8 Å². The fourth-order valence-corrected chi connectivity index (χ4v) is 6.58. The monoisotopic (exact) mass is 544 g/mol. The van der Waals surface area contributed by atoms with Crippen molar-refractivity contribution in [2.75, 3.05) is 36.1 Å². The minimum absolute atomic E-state index is 0.0565. The number of amides is 2. The van der Waals surface area contributed by atoms with E-state index >= 15 is 0 Å². The number of nitrogen functional groups attached to an aromatic ring is 1. The fraction of sp³-hybridized carbons (Fsp3) is 0.421. The highest BCUT2D eigenvalue weighted by molar-refractivity contribution is 8.08. The van der Waals surface area contributed by atoms with Crippen molar-refractivity contribution in [2.45, 2.75) is 18.3 Å². The molecule has 0 aliphatic carbocycles. The molecule has 0 spiro atoms. The van der Waals surface area contributed by atoms with E-state index < -0.39 is 29.2 Å². The third kappa shape index (κ3) is 6.07. The molecule has 3 heterocycles. The minimum Gasteiger partial charge on any atom is -0.477 e. The number of fused-ring (bicyclic) bond motifs is 1. The van der Waals surface area contributed by atoms with Gasteiger partial charge in [-0.25, -0.2) is 9.78 Å². The number of carbonyl (C=O) groups is 3. The summed E-state index contributed by atoms with van der Waals surface area (Å²) >= 11 is 5.48. The van der Waals surface area contributed by atoms with Gasteiger partial charge in [0.05, 0.1) is 0 Å². The molecule has 184 valence electrons. The molecule has 0 radical (unpaired) electrons. The van der Waals surface area contributed by atoms with Crippen LogP contribution in [0.3, 0.4) is 0 Å². The van der Waals surface area contributed by atoms with Gasteiger partial charge >= 0.3 is 5.97 Å². The lowest BCUT2D eigenvalue weighted by molar-refractivity contribution is -0.150. The van der Waals surface area contributed by atoms with Crippen LogP contribution in [-0.4, -0.2) is 80.3 Å². The molecule has 3 rings (SSSR count). The SMILES string of the molecule is CCO/N=C(\C(=O)NC1C(=O)N2C(C(=O)O)=C(S/C=C\CSCCN)CS[C@H]12)c1csc(N)n1. The van der Waals surface area contributed by atoms with E-state index in [1.54, 1.807) is 24.1 Å². The highest BCUT2D eigenvalue weighted by Gasteiger charge is 2.54. The Balaban J connectivity index is 1.70. The number of thiazole rings is 1. The molecule has 2 aliphatic rings. The van der Waals surface area contributed by atoms with Crippen LogP contribution in [0.1, 0.15) is 12.6 Å². The predicted molar refractivity (Wildman–Crippen MR) is 137 cm³/mol. The zero-order chi connectivity index (χ0) is 24.7. The first-order valence-electron chi connectivity index (χ1n) is 10.1. The molecule has 15 heteroatoms. The van der Waals surface area contributed by atoms with Crippen molar-refractivity contribution in [3.8, 4) is 0 Å². The molecule has 1 aromatic rings. The highest BCUT2D eigenvalue weighted by atomic mass is 32.2. The Morgan fingerprint density at radius 3 is 2.94 bits per heavy atom.